The monoisotopic (exact) mass is 270 g/mol. The van der Waals surface area contributed by atoms with Gasteiger partial charge in [0.1, 0.15) is 0 Å². The first-order valence-corrected chi connectivity index (χ1v) is 6.85. The van der Waals surface area contributed by atoms with E-state index in [1.54, 1.807) is 31.0 Å². The first-order valence-electron chi connectivity index (χ1n) is 6.85. The summed E-state index contributed by atoms with van der Waals surface area (Å²) in [5.41, 5.74) is 2.18. The van der Waals surface area contributed by atoms with Crippen LogP contribution in [0.15, 0.2) is 43.1 Å². The SMILES string of the molecule is O[C@@H]1CN(Cc2ccncc2)C[C@H]1Cc1cnccn1. The molecule has 2 atom stereocenters. The van der Waals surface area contributed by atoms with Crippen LogP contribution in [-0.2, 0) is 13.0 Å². The third-order valence-corrected chi connectivity index (χ3v) is 3.73. The average Bonchev–Trinajstić information content (AvgIpc) is 2.81. The fraction of sp³-hybridized carbons (Fsp3) is 0.400. The Morgan fingerprint density at radius 3 is 2.70 bits per heavy atom. The van der Waals surface area contributed by atoms with E-state index in [2.05, 4.69) is 19.9 Å². The lowest BCUT2D eigenvalue weighted by atomic mass is 10.0. The van der Waals surface area contributed by atoms with Crippen molar-refractivity contribution in [3.05, 3.63) is 54.4 Å². The van der Waals surface area contributed by atoms with E-state index in [0.717, 1.165) is 25.2 Å². The maximum atomic E-state index is 10.2. The normalized spacial score (nSPS) is 23.1. The molecule has 104 valence electrons. The van der Waals surface area contributed by atoms with Crippen LogP contribution in [0.4, 0.5) is 0 Å². The molecule has 0 unspecified atom stereocenters. The average molecular weight is 270 g/mol. The molecule has 1 aliphatic heterocycles. The maximum Gasteiger partial charge on any atom is 0.0711 e. The second-order valence-electron chi connectivity index (χ2n) is 5.28. The van der Waals surface area contributed by atoms with Crippen LogP contribution in [0.1, 0.15) is 11.3 Å². The molecule has 1 N–H and O–H groups in total. The lowest BCUT2D eigenvalue weighted by Gasteiger charge is -2.15. The minimum Gasteiger partial charge on any atom is -0.391 e. The van der Waals surface area contributed by atoms with E-state index in [1.165, 1.54) is 5.56 Å². The third kappa shape index (κ3) is 3.18. The van der Waals surface area contributed by atoms with Gasteiger partial charge in [0, 0.05) is 56.5 Å². The van der Waals surface area contributed by atoms with Gasteiger partial charge in [-0.05, 0) is 24.1 Å². The Hall–Kier alpha value is -1.85. The quantitative estimate of drug-likeness (QED) is 0.894. The Bertz CT molecular complexity index is 534. The van der Waals surface area contributed by atoms with E-state index in [9.17, 15) is 5.11 Å². The first-order chi connectivity index (χ1) is 9.81. The highest BCUT2D eigenvalue weighted by Crippen LogP contribution is 2.22. The molecule has 5 nitrogen and oxygen atoms in total. The van der Waals surface area contributed by atoms with Crippen molar-refractivity contribution < 1.29 is 5.11 Å². The smallest absolute Gasteiger partial charge is 0.0711 e. The van der Waals surface area contributed by atoms with Gasteiger partial charge in [-0.1, -0.05) is 0 Å². The van der Waals surface area contributed by atoms with Crippen LogP contribution in [0.5, 0.6) is 0 Å². The molecule has 0 saturated carbocycles. The van der Waals surface area contributed by atoms with Crippen LogP contribution in [0.2, 0.25) is 0 Å². The molecule has 0 bridgehead atoms. The molecule has 3 rings (SSSR count). The zero-order valence-electron chi connectivity index (χ0n) is 11.3. The molecule has 0 amide bonds. The zero-order valence-corrected chi connectivity index (χ0v) is 11.3. The molecule has 5 heteroatoms. The number of pyridine rings is 1. The highest BCUT2D eigenvalue weighted by Gasteiger charge is 2.31. The Morgan fingerprint density at radius 1 is 1.10 bits per heavy atom. The lowest BCUT2D eigenvalue weighted by molar-refractivity contribution is 0.140. The predicted octanol–water partition coefficient (Wildman–Crippen LogP) is 0.907. The Labute approximate surface area is 118 Å². The van der Waals surface area contributed by atoms with E-state index in [1.807, 2.05) is 12.1 Å². The summed E-state index contributed by atoms with van der Waals surface area (Å²) in [6.07, 6.45) is 9.24. The van der Waals surface area contributed by atoms with Gasteiger partial charge in [-0.2, -0.15) is 0 Å². The van der Waals surface area contributed by atoms with E-state index in [-0.39, 0.29) is 12.0 Å². The first kappa shape index (κ1) is 13.1. The van der Waals surface area contributed by atoms with E-state index in [4.69, 9.17) is 0 Å². The zero-order chi connectivity index (χ0) is 13.8. The lowest BCUT2D eigenvalue weighted by Crippen LogP contribution is -2.21. The molecule has 2 aromatic heterocycles. The summed E-state index contributed by atoms with van der Waals surface area (Å²) in [6, 6.07) is 4.03. The number of nitrogens with zero attached hydrogens (tertiary/aromatic N) is 4. The van der Waals surface area contributed by atoms with Gasteiger partial charge in [0.25, 0.3) is 0 Å². The Morgan fingerprint density at radius 2 is 1.95 bits per heavy atom. The summed E-state index contributed by atoms with van der Waals surface area (Å²) in [5.74, 6) is 0.230. The van der Waals surface area contributed by atoms with Crippen LogP contribution >= 0.6 is 0 Å². The third-order valence-electron chi connectivity index (χ3n) is 3.73. The molecule has 1 saturated heterocycles. The summed E-state index contributed by atoms with van der Waals surface area (Å²) in [4.78, 5) is 14.7. The Balaban J connectivity index is 1.59. The van der Waals surface area contributed by atoms with Gasteiger partial charge in [0.05, 0.1) is 11.8 Å². The molecule has 0 spiro atoms. The summed E-state index contributed by atoms with van der Waals surface area (Å²) in [7, 11) is 0. The molecular weight excluding hydrogens is 252 g/mol. The van der Waals surface area contributed by atoms with Crippen LogP contribution in [0.25, 0.3) is 0 Å². The van der Waals surface area contributed by atoms with Gasteiger partial charge in [0.2, 0.25) is 0 Å². The minimum absolute atomic E-state index is 0.230. The fourth-order valence-corrected chi connectivity index (χ4v) is 2.72. The number of β-amino-alcohol motifs (C(OH)–C–C–N with tert-alkyl or cyclic N) is 1. The molecular formula is C15H18N4O. The van der Waals surface area contributed by atoms with Crippen LogP contribution in [0, 0.1) is 5.92 Å². The molecule has 3 heterocycles. The van der Waals surface area contributed by atoms with Crippen molar-refractivity contribution in [3.63, 3.8) is 0 Å². The van der Waals surface area contributed by atoms with Crippen LogP contribution in [0.3, 0.4) is 0 Å². The number of likely N-dealkylation sites (tertiary alicyclic amines) is 1. The second kappa shape index (κ2) is 6.07. The predicted molar refractivity (Wildman–Crippen MR) is 74.7 cm³/mol. The number of hydrogen-bond donors (Lipinski definition) is 1. The number of aliphatic hydroxyl groups is 1. The van der Waals surface area contributed by atoms with Crippen LogP contribution < -0.4 is 0 Å². The Kier molecular flexibility index (Phi) is 3.99. The van der Waals surface area contributed by atoms with Crippen molar-refractivity contribution in [2.24, 2.45) is 5.92 Å². The van der Waals surface area contributed by atoms with Crippen LogP contribution in [-0.4, -0.2) is 44.2 Å². The van der Waals surface area contributed by atoms with Gasteiger partial charge >= 0.3 is 0 Å². The molecule has 0 radical (unpaired) electrons. The summed E-state index contributed by atoms with van der Waals surface area (Å²) in [6.45, 7) is 2.46. The van der Waals surface area contributed by atoms with Crippen molar-refractivity contribution in [1.82, 2.24) is 19.9 Å². The van der Waals surface area contributed by atoms with Gasteiger partial charge < -0.3 is 5.11 Å². The number of hydrogen-bond acceptors (Lipinski definition) is 5. The maximum absolute atomic E-state index is 10.2. The molecule has 0 aromatic carbocycles. The summed E-state index contributed by atoms with van der Waals surface area (Å²) < 4.78 is 0. The van der Waals surface area contributed by atoms with E-state index in [0.29, 0.717) is 6.54 Å². The summed E-state index contributed by atoms with van der Waals surface area (Å²) >= 11 is 0. The topological polar surface area (TPSA) is 62.1 Å². The van der Waals surface area contributed by atoms with Crippen molar-refractivity contribution >= 4 is 0 Å². The number of aliphatic hydroxyl groups excluding tert-OH is 1. The highest BCUT2D eigenvalue weighted by atomic mass is 16.3. The molecule has 2 aromatic rings. The standard InChI is InChI=1S/C15H18N4O/c20-15-11-19(9-12-1-3-16-4-2-12)10-13(15)7-14-8-17-5-6-18-14/h1-6,8,13,15,20H,7,9-11H2/t13-,15-/m1/s1. The van der Waals surface area contributed by atoms with Gasteiger partial charge in [0.15, 0.2) is 0 Å². The van der Waals surface area contributed by atoms with Crippen molar-refractivity contribution in [3.8, 4) is 0 Å². The van der Waals surface area contributed by atoms with Crippen molar-refractivity contribution in [2.75, 3.05) is 13.1 Å². The van der Waals surface area contributed by atoms with Crippen molar-refractivity contribution in [2.45, 2.75) is 19.1 Å². The summed E-state index contributed by atoms with van der Waals surface area (Å²) in [5, 5.41) is 10.2. The molecule has 1 fully saturated rings. The fourth-order valence-electron chi connectivity index (χ4n) is 2.72. The number of rotatable bonds is 4. The molecule has 20 heavy (non-hydrogen) atoms. The van der Waals surface area contributed by atoms with Crippen molar-refractivity contribution in [1.29, 1.82) is 0 Å². The number of aromatic nitrogens is 3. The molecule has 0 aliphatic carbocycles. The largest absolute Gasteiger partial charge is 0.391 e. The second-order valence-corrected chi connectivity index (χ2v) is 5.28. The molecule has 1 aliphatic rings. The van der Waals surface area contributed by atoms with Gasteiger partial charge in [-0.3, -0.25) is 19.9 Å². The van der Waals surface area contributed by atoms with E-state index < -0.39 is 0 Å². The minimum atomic E-state index is -0.293. The highest BCUT2D eigenvalue weighted by molar-refractivity contribution is 5.10. The van der Waals surface area contributed by atoms with Gasteiger partial charge in [-0.25, -0.2) is 0 Å². The van der Waals surface area contributed by atoms with Gasteiger partial charge in [-0.15, -0.1) is 0 Å². The van der Waals surface area contributed by atoms with E-state index >= 15 is 0 Å².